The van der Waals surface area contributed by atoms with Gasteiger partial charge in [-0.1, -0.05) is 19.8 Å². The number of aromatic nitrogens is 1. The third-order valence-corrected chi connectivity index (χ3v) is 7.51. The molecule has 1 aromatic carbocycles. The average molecular weight is 501 g/mol. The summed E-state index contributed by atoms with van der Waals surface area (Å²) < 4.78 is 23.8. The van der Waals surface area contributed by atoms with Gasteiger partial charge in [-0.15, -0.1) is 0 Å². The highest BCUT2D eigenvalue weighted by Crippen LogP contribution is 2.52. The van der Waals surface area contributed by atoms with Gasteiger partial charge in [0.2, 0.25) is 0 Å². The first-order valence-electron chi connectivity index (χ1n) is 12.5. The van der Waals surface area contributed by atoms with Crippen molar-refractivity contribution in [2.75, 3.05) is 51.3 Å². The molecule has 1 aromatic heterocycles. The Kier molecular flexibility index (Phi) is 6.67. The molecule has 10 heteroatoms. The van der Waals surface area contributed by atoms with E-state index >= 15 is 4.39 Å². The zero-order chi connectivity index (χ0) is 24.6. The van der Waals surface area contributed by atoms with Gasteiger partial charge in [-0.2, -0.15) is 5.10 Å². The summed E-state index contributed by atoms with van der Waals surface area (Å²) in [5.41, 5.74) is 3.88. The van der Waals surface area contributed by atoms with E-state index < -0.39 is 5.82 Å². The molecule has 0 radical (unpaired) electrons. The van der Waals surface area contributed by atoms with Crippen LogP contribution in [-0.2, 0) is 5.54 Å². The first-order valence-corrected chi connectivity index (χ1v) is 12.9. The van der Waals surface area contributed by atoms with E-state index in [0.717, 1.165) is 51.7 Å². The summed E-state index contributed by atoms with van der Waals surface area (Å²) in [7, 11) is 2.07. The van der Waals surface area contributed by atoms with Crippen LogP contribution < -0.4 is 25.8 Å². The Bertz CT molecular complexity index is 1220. The minimum atomic E-state index is -0.419. The van der Waals surface area contributed by atoms with E-state index in [-0.39, 0.29) is 11.0 Å². The van der Waals surface area contributed by atoms with Crippen molar-refractivity contribution in [2.24, 2.45) is 5.10 Å². The van der Waals surface area contributed by atoms with Crippen LogP contribution in [0.25, 0.3) is 10.9 Å². The van der Waals surface area contributed by atoms with Gasteiger partial charge in [0.15, 0.2) is 22.1 Å². The molecule has 35 heavy (non-hydrogen) atoms. The standard InChI is InChI=1S/C25H33FN6O2S/c1-3-4-5-8-27-24(35)29-28-14-17-15-32-20-18(22(17)33)13-19(26)21(31-11-9-30(2)10-12-31)23(20)34-16-25(32)6-7-25/h13-15H,3-12,16H2,1-2H3,(H2,27,29,35)/b28-14+. The topological polar surface area (TPSA) is 74.1 Å². The Hall–Kier alpha value is -2.72. The van der Waals surface area contributed by atoms with Crippen LogP contribution in [0.1, 0.15) is 44.6 Å². The van der Waals surface area contributed by atoms with Crippen LogP contribution in [0.4, 0.5) is 10.1 Å². The smallest absolute Gasteiger partial charge is 0.198 e. The number of piperazine rings is 1. The van der Waals surface area contributed by atoms with Gasteiger partial charge in [-0.3, -0.25) is 10.2 Å². The van der Waals surface area contributed by atoms with Crippen LogP contribution in [0.15, 0.2) is 22.2 Å². The van der Waals surface area contributed by atoms with Crippen molar-refractivity contribution in [3.63, 3.8) is 0 Å². The molecule has 1 saturated heterocycles. The molecule has 0 amide bonds. The second-order valence-electron chi connectivity index (χ2n) is 9.85. The van der Waals surface area contributed by atoms with Crippen molar-refractivity contribution in [3.05, 3.63) is 33.9 Å². The molecular formula is C25H33FN6O2S. The highest BCUT2D eigenvalue weighted by Gasteiger charge is 2.49. The lowest BCUT2D eigenvalue weighted by Gasteiger charge is -2.37. The molecule has 3 aliphatic rings. The number of fused-ring (bicyclic) bond motifs is 1. The van der Waals surface area contributed by atoms with Crippen molar-refractivity contribution in [1.29, 1.82) is 0 Å². The molecule has 2 aliphatic heterocycles. The summed E-state index contributed by atoms with van der Waals surface area (Å²) in [5, 5.41) is 8.03. The Morgan fingerprint density at radius 1 is 1.29 bits per heavy atom. The zero-order valence-electron chi connectivity index (χ0n) is 20.4. The van der Waals surface area contributed by atoms with Crippen molar-refractivity contribution in [1.82, 2.24) is 20.2 Å². The van der Waals surface area contributed by atoms with Gasteiger partial charge in [0.25, 0.3) is 0 Å². The molecule has 188 valence electrons. The highest BCUT2D eigenvalue weighted by atomic mass is 32.1. The van der Waals surface area contributed by atoms with Crippen molar-refractivity contribution in [3.8, 4) is 5.75 Å². The number of likely N-dealkylation sites (N-methyl/N-ethyl adjacent to an activating group) is 1. The molecule has 8 nitrogen and oxygen atoms in total. The molecule has 3 heterocycles. The third-order valence-electron chi connectivity index (χ3n) is 7.28. The predicted molar refractivity (Wildman–Crippen MR) is 141 cm³/mol. The average Bonchev–Trinajstić information content (AvgIpc) is 3.62. The number of benzene rings is 1. The number of hydrogen-bond acceptors (Lipinski definition) is 6. The van der Waals surface area contributed by atoms with E-state index in [2.05, 4.69) is 39.3 Å². The lowest BCUT2D eigenvalue weighted by molar-refractivity contribution is 0.219. The van der Waals surface area contributed by atoms with E-state index in [1.807, 2.05) is 11.1 Å². The number of nitrogens with zero attached hydrogens (tertiary/aromatic N) is 4. The van der Waals surface area contributed by atoms with Gasteiger partial charge >= 0.3 is 0 Å². The van der Waals surface area contributed by atoms with Crippen LogP contribution >= 0.6 is 12.2 Å². The summed E-state index contributed by atoms with van der Waals surface area (Å²) in [6.45, 7) is 6.54. The number of ether oxygens (including phenoxy) is 1. The van der Waals surface area contributed by atoms with Gasteiger partial charge in [0.05, 0.1) is 28.2 Å². The second kappa shape index (κ2) is 9.73. The van der Waals surface area contributed by atoms with Crippen molar-refractivity contribution >= 4 is 40.1 Å². The van der Waals surface area contributed by atoms with Gasteiger partial charge in [0.1, 0.15) is 12.3 Å². The molecule has 1 saturated carbocycles. The van der Waals surface area contributed by atoms with Gasteiger partial charge in [-0.05, 0) is 44.6 Å². The minimum absolute atomic E-state index is 0.178. The Balaban J connectivity index is 1.48. The number of hydrogen-bond donors (Lipinski definition) is 2. The monoisotopic (exact) mass is 500 g/mol. The fourth-order valence-electron chi connectivity index (χ4n) is 4.95. The molecule has 0 atom stereocenters. The summed E-state index contributed by atoms with van der Waals surface area (Å²) in [6.07, 6.45) is 8.56. The number of nitrogens with one attached hydrogen (secondary N) is 2. The van der Waals surface area contributed by atoms with E-state index in [0.29, 0.717) is 52.7 Å². The van der Waals surface area contributed by atoms with Crippen LogP contribution in [-0.4, -0.2) is 67.2 Å². The first-order chi connectivity index (χ1) is 16.9. The number of thiocarbonyl (C=S) groups is 1. The molecule has 0 bridgehead atoms. The van der Waals surface area contributed by atoms with E-state index in [4.69, 9.17) is 17.0 Å². The number of halogens is 1. The molecular weight excluding hydrogens is 467 g/mol. The third kappa shape index (κ3) is 4.61. The van der Waals surface area contributed by atoms with Crippen molar-refractivity contribution < 1.29 is 9.13 Å². The van der Waals surface area contributed by atoms with E-state index in [9.17, 15) is 4.79 Å². The Labute approximate surface area is 210 Å². The van der Waals surface area contributed by atoms with E-state index in [1.54, 1.807) is 0 Å². The summed E-state index contributed by atoms with van der Waals surface area (Å²) >= 11 is 5.26. The number of unbranched alkanes of at least 4 members (excludes halogenated alkanes) is 2. The maximum atomic E-state index is 15.5. The SMILES string of the molecule is CCCCCNC(=S)N/N=C/c1cn2c3c(c(N4CCN(C)CC4)c(F)cc3c1=O)OCC21CC1. The lowest BCUT2D eigenvalue weighted by Crippen LogP contribution is -2.45. The quantitative estimate of drug-likeness (QED) is 0.262. The lowest BCUT2D eigenvalue weighted by atomic mass is 10.0. The molecule has 0 unspecified atom stereocenters. The fourth-order valence-corrected chi connectivity index (χ4v) is 5.10. The summed E-state index contributed by atoms with van der Waals surface area (Å²) in [6, 6.07) is 1.38. The van der Waals surface area contributed by atoms with Gasteiger partial charge < -0.3 is 24.4 Å². The van der Waals surface area contributed by atoms with Crippen LogP contribution in [0.2, 0.25) is 0 Å². The normalized spacial score (nSPS) is 18.8. The maximum Gasteiger partial charge on any atom is 0.198 e. The van der Waals surface area contributed by atoms with Gasteiger partial charge in [-0.25, -0.2) is 4.39 Å². The van der Waals surface area contributed by atoms with Crippen LogP contribution in [0, 0.1) is 5.82 Å². The molecule has 1 spiro atoms. The summed E-state index contributed by atoms with van der Waals surface area (Å²) in [4.78, 5) is 17.6. The molecule has 5 rings (SSSR count). The Morgan fingerprint density at radius 3 is 2.77 bits per heavy atom. The zero-order valence-corrected chi connectivity index (χ0v) is 21.2. The summed E-state index contributed by atoms with van der Waals surface area (Å²) in [5.74, 6) is 0.0652. The molecule has 1 aliphatic carbocycles. The minimum Gasteiger partial charge on any atom is -0.487 e. The largest absolute Gasteiger partial charge is 0.487 e. The maximum absolute atomic E-state index is 15.5. The number of rotatable bonds is 7. The van der Waals surface area contributed by atoms with Crippen LogP contribution in [0.5, 0.6) is 5.75 Å². The van der Waals surface area contributed by atoms with Crippen molar-refractivity contribution in [2.45, 2.75) is 44.6 Å². The number of anilines is 1. The second-order valence-corrected chi connectivity index (χ2v) is 10.3. The molecule has 2 N–H and O–H groups in total. The fraction of sp³-hybridized carbons (Fsp3) is 0.560. The number of pyridine rings is 1. The number of hydrazone groups is 1. The van der Waals surface area contributed by atoms with Crippen LogP contribution in [0.3, 0.4) is 0 Å². The predicted octanol–water partition coefficient (Wildman–Crippen LogP) is 2.76. The first kappa shape index (κ1) is 24.0. The molecule has 2 fully saturated rings. The Morgan fingerprint density at radius 2 is 2.06 bits per heavy atom. The van der Waals surface area contributed by atoms with Gasteiger partial charge in [0, 0.05) is 38.9 Å². The highest BCUT2D eigenvalue weighted by molar-refractivity contribution is 7.80. The van der Waals surface area contributed by atoms with E-state index in [1.165, 1.54) is 12.3 Å². The molecule has 2 aromatic rings.